The first kappa shape index (κ1) is 17.9. The summed E-state index contributed by atoms with van der Waals surface area (Å²) in [5, 5.41) is 0. The summed E-state index contributed by atoms with van der Waals surface area (Å²) in [4.78, 5) is 4.82. The molecule has 2 nitrogen and oxygen atoms in total. The molecule has 0 aliphatic carbocycles. The molecule has 1 saturated heterocycles. The second-order valence-electron chi connectivity index (χ2n) is 6.95. The number of hydrogen-bond donors (Lipinski definition) is 0. The van der Waals surface area contributed by atoms with Gasteiger partial charge in [0.15, 0.2) is 0 Å². The average molecular weight is 364 g/mol. The maximum atomic E-state index is 4.34. The van der Waals surface area contributed by atoms with E-state index < -0.39 is 0 Å². The van der Waals surface area contributed by atoms with Gasteiger partial charge in [0.05, 0.1) is 0 Å². The molecule has 4 rings (SSSR count). The molecular weight excluding hydrogens is 340 g/mol. The highest BCUT2D eigenvalue weighted by Crippen LogP contribution is 2.22. The van der Waals surface area contributed by atoms with Gasteiger partial charge in [-0.2, -0.15) is 0 Å². The van der Waals surface area contributed by atoms with Crippen LogP contribution >= 0.6 is 0 Å². The Balaban J connectivity index is 1.37. The molecule has 0 N–H and O–H groups in total. The minimum absolute atomic E-state index is 0.989. The highest BCUT2D eigenvalue weighted by atomic mass is 15.3. The molecule has 1 aliphatic heterocycles. The second kappa shape index (κ2) is 8.50. The third-order valence-electron chi connectivity index (χ3n) is 5.13. The van der Waals surface area contributed by atoms with Crippen molar-refractivity contribution < 1.29 is 0 Å². The predicted octanol–water partition coefficient (Wildman–Crippen LogP) is 4.88. The fraction of sp³-hybridized carbons (Fsp3) is 0.154. The average Bonchev–Trinajstić information content (AvgIpc) is 2.79. The summed E-state index contributed by atoms with van der Waals surface area (Å²) < 4.78 is 0. The largest absolute Gasteiger partial charge is 0.368 e. The predicted molar refractivity (Wildman–Crippen MR) is 118 cm³/mol. The van der Waals surface area contributed by atoms with E-state index in [1.54, 1.807) is 0 Å². The van der Waals surface area contributed by atoms with Crippen molar-refractivity contribution in [1.29, 1.82) is 0 Å². The number of para-hydroxylation sites is 1. The van der Waals surface area contributed by atoms with E-state index in [9.17, 15) is 0 Å². The van der Waals surface area contributed by atoms with Crippen molar-refractivity contribution in [2.24, 2.45) is 0 Å². The molecule has 0 amide bonds. The smallest absolute Gasteiger partial charge is 0.0368 e. The van der Waals surface area contributed by atoms with Crippen molar-refractivity contribution in [2.75, 3.05) is 31.1 Å². The Morgan fingerprint density at radius 1 is 0.643 bits per heavy atom. The molecule has 28 heavy (non-hydrogen) atoms. The van der Waals surface area contributed by atoms with Gasteiger partial charge in [-0.3, -0.25) is 0 Å². The van der Waals surface area contributed by atoms with Crippen molar-refractivity contribution in [3.8, 4) is 11.8 Å². The van der Waals surface area contributed by atoms with Crippen LogP contribution in [0.5, 0.6) is 0 Å². The molecule has 0 radical (unpaired) electrons. The molecule has 0 aromatic heterocycles. The number of benzene rings is 3. The number of anilines is 1. The lowest BCUT2D eigenvalue weighted by Crippen LogP contribution is -2.45. The molecule has 1 aliphatic rings. The van der Waals surface area contributed by atoms with E-state index in [2.05, 4.69) is 82.8 Å². The fourth-order valence-electron chi connectivity index (χ4n) is 3.47. The van der Waals surface area contributed by atoms with Crippen molar-refractivity contribution >= 4 is 11.4 Å². The summed E-state index contributed by atoms with van der Waals surface area (Å²) in [5.41, 5.74) is 5.62. The van der Waals surface area contributed by atoms with E-state index in [4.69, 9.17) is 0 Å². The van der Waals surface area contributed by atoms with E-state index in [0.717, 1.165) is 43.0 Å². The zero-order chi connectivity index (χ0) is 19.2. The number of nitrogens with zero attached hydrogens (tertiary/aromatic N) is 2. The Morgan fingerprint density at radius 2 is 1.18 bits per heavy atom. The van der Waals surface area contributed by atoms with Gasteiger partial charge >= 0.3 is 0 Å². The summed E-state index contributed by atoms with van der Waals surface area (Å²) in [5.74, 6) is 6.44. The molecular formula is C26H24N2. The van der Waals surface area contributed by atoms with Crippen LogP contribution in [0.2, 0.25) is 0 Å². The van der Waals surface area contributed by atoms with E-state index >= 15 is 0 Å². The van der Waals surface area contributed by atoms with Crippen LogP contribution in [0.3, 0.4) is 0 Å². The van der Waals surface area contributed by atoms with Crippen LogP contribution in [-0.2, 0) is 0 Å². The Hall–Kier alpha value is -3.44. The van der Waals surface area contributed by atoms with Gasteiger partial charge in [-0.1, -0.05) is 67.0 Å². The lowest BCUT2D eigenvalue weighted by molar-refractivity contribution is 0.368. The summed E-state index contributed by atoms with van der Waals surface area (Å²) in [6, 6.07) is 29.1. The van der Waals surface area contributed by atoms with Gasteiger partial charge in [0.1, 0.15) is 0 Å². The Bertz CT molecular complexity index is 971. The van der Waals surface area contributed by atoms with Gasteiger partial charge in [0.25, 0.3) is 0 Å². The van der Waals surface area contributed by atoms with Crippen molar-refractivity contribution in [2.45, 2.75) is 0 Å². The third-order valence-corrected chi connectivity index (χ3v) is 5.13. The van der Waals surface area contributed by atoms with Crippen LogP contribution in [0, 0.1) is 11.8 Å². The van der Waals surface area contributed by atoms with Crippen molar-refractivity contribution in [3.05, 3.63) is 108 Å². The number of rotatable bonds is 3. The standard InChI is InChI=1S/C26H24N2/c1-22(27-18-20-28(21-19-27)26-10-6-3-7-11-26)25-16-14-24(15-17-25)13-12-23-8-4-2-5-9-23/h2-11,14-17H,1,18-21H2. The van der Waals surface area contributed by atoms with Crippen molar-refractivity contribution in [1.82, 2.24) is 4.90 Å². The fourth-order valence-corrected chi connectivity index (χ4v) is 3.47. The maximum Gasteiger partial charge on any atom is 0.0368 e. The zero-order valence-electron chi connectivity index (χ0n) is 16.0. The van der Waals surface area contributed by atoms with Crippen LogP contribution in [0.15, 0.2) is 91.5 Å². The Labute approximate surface area is 167 Å². The summed E-state index contributed by atoms with van der Waals surface area (Å²) in [6.45, 7) is 8.35. The van der Waals surface area contributed by atoms with Crippen LogP contribution in [0.25, 0.3) is 5.70 Å². The highest BCUT2D eigenvalue weighted by molar-refractivity contribution is 5.63. The molecule has 0 bridgehead atoms. The van der Waals surface area contributed by atoms with Gasteiger partial charge in [0.2, 0.25) is 0 Å². The van der Waals surface area contributed by atoms with E-state index in [0.29, 0.717) is 0 Å². The molecule has 1 heterocycles. The van der Waals surface area contributed by atoms with E-state index in [-0.39, 0.29) is 0 Å². The summed E-state index contributed by atoms with van der Waals surface area (Å²) in [6.07, 6.45) is 0. The SMILES string of the molecule is C=C(c1ccc(C#Cc2ccccc2)cc1)N1CCN(c2ccccc2)CC1. The summed E-state index contributed by atoms with van der Waals surface area (Å²) >= 11 is 0. The van der Waals surface area contributed by atoms with Crippen LogP contribution in [0.4, 0.5) is 5.69 Å². The molecule has 0 spiro atoms. The van der Waals surface area contributed by atoms with Gasteiger partial charge in [-0.25, -0.2) is 0 Å². The molecule has 0 atom stereocenters. The molecule has 3 aromatic rings. The van der Waals surface area contributed by atoms with Crippen LogP contribution < -0.4 is 4.90 Å². The van der Waals surface area contributed by atoms with E-state index in [1.165, 1.54) is 11.3 Å². The zero-order valence-corrected chi connectivity index (χ0v) is 16.0. The molecule has 0 unspecified atom stereocenters. The second-order valence-corrected chi connectivity index (χ2v) is 6.95. The molecule has 1 fully saturated rings. The minimum atomic E-state index is 0.989. The van der Waals surface area contributed by atoms with E-state index in [1.807, 2.05) is 30.3 Å². The molecule has 2 heteroatoms. The lowest BCUT2D eigenvalue weighted by Gasteiger charge is -2.38. The highest BCUT2D eigenvalue weighted by Gasteiger charge is 2.18. The monoisotopic (exact) mass is 364 g/mol. The first-order chi connectivity index (χ1) is 13.8. The van der Waals surface area contributed by atoms with Crippen LogP contribution in [-0.4, -0.2) is 31.1 Å². The van der Waals surface area contributed by atoms with Gasteiger partial charge in [-0.05, 0) is 42.0 Å². The number of hydrogen-bond acceptors (Lipinski definition) is 2. The minimum Gasteiger partial charge on any atom is -0.368 e. The van der Waals surface area contributed by atoms with Crippen LogP contribution in [0.1, 0.15) is 16.7 Å². The molecule has 3 aromatic carbocycles. The Morgan fingerprint density at radius 3 is 1.79 bits per heavy atom. The maximum absolute atomic E-state index is 4.34. The summed E-state index contributed by atoms with van der Waals surface area (Å²) in [7, 11) is 0. The normalized spacial score (nSPS) is 13.6. The van der Waals surface area contributed by atoms with Crippen molar-refractivity contribution in [3.63, 3.8) is 0 Å². The first-order valence-corrected chi connectivity index (χ1v) is 9.71. The first-order valence-electron chi connectivity index (χ1n) is 9.71. The number of piperazine rings is 1. The molecule has 0 saturated carbocycles. The lowest BCUT2D eigenvalue weighted by atomic mass is 10.1. The van der Waals surface area contributed by atoms with Gasteiger partial charge < -0.3 is 9.80 Å². The Kier molecular flexibility index (Phi) is 5.45. The van der Waals surface area contributed by atoms with Gasteiger partial charge in [-0.15, -0.1) is 0 Å². The quantitative estimate of drug-likeness (QED) is 0.611. The topological polar surface area (TPSA) is 6.48 Å². The van der Waals surface area contributed by atoms with Gasteiger partial charge in [0, 0.05) is 48.7 Å². The third kappa shape index (κ3) is 4.27. The molecule has 138 valence electrons.